The van der Waals surface area contributed by atoms with Gasteiger partial charge in [0.1, 0.15) is 11.2 Å². The van der Waals surface area contributed by atoms with Crippen LogP contribution in [0.5, 0.6) is 0 Å². The van der Waals surface area contributed by atoms with Crippen molar-refractivity contribution in [2.75, 3.05) is 4.90 Å². The molecule has 1 aliphatic rings. The van der Waals surface area contributed by atoms with Gasteiger partial charge in [-0.3, -0.25) is 0 Å². The molecule has 0 radical (unpaired) electrons. The van der Waals surface area contributed by atoms with Crippen LogP contribution in [0.3, 0.4) is 0 Å². The predicted octanol–water partition coefficient (Wildman–Crippen LogP) is 16.9. The van der Waals surface area contributed by atoms with Gasteiger partial charge in [-0.15, -0.1) is 0 Å². The number of aromatic nitrogens is 1. The van der Waals surface area contributed by atoms with Crippen LogP contribution in [0.2, 0.25) is 0 Å². The average molecular weight is 829 g/mol. The smallest absolute Gasteiger partial charge is 0.143 e. The largest absolute Gasteiger partial charge is 0.455 e. The molecular weight excluding hydrogens is 789 g/mol. The highest BCUT2D eigenvalue weighted by atomic mass is 16.3. The molecule has 65 heavy (non-hydrogen) atoms. The highest BCUT2D eigenvalue weighted by Crippen LogP contribution is 2.46. The minimum absolute atomic E-state index is 0.865. The van der Waals surface area contributed by atoms with Crippen molar-refractivity contribution in [2.45, 2.75) is 12.8 Å². The van der Waals surface area contributed by atoms with Crippen LogP contribution in [0, 0.1) is 12.1 Å². The van der Waals surface area contributed by atoms with Crippen molar-refractivity contribution in [3.05, 3.63) is 236 Å². The Morgan fingerprint density at radius 1 is 0.508 bits per heavy atom. The number of allylic oxidation sites excluding steroid dienone is 1. The number of rotatable bonds is 7. The molecule has 0 N–H and O–H groups in total. The van der Waals surface area contributed by atoms with Gasteiger partial charge in [0.25, 0.3) is 0 Å². The summed E-state index contributed by atoms with van der Waals surface area (Å²) in [6.45, 7) is 0. The summed E-state index contributed by atoms with van der Waals surface area (Å²) in [6.07, 6.45) is 6.62. The van der Waals surface area contributed by atoms with Crippen LogP contribution in [-0.2, 0) is 6.42 Å². The van der Waals surface area contributed by atoms with Gasteiger partial charge in [-0.2, -0.15) is 0 Å². The van der Waals surface area contributed by atoms with Gasteiger partial charge in [0.05, 0.1) is 22.6 Å². The summed E-state index contributed by atoms with van der Waals surface area (Å²) in [5.74, 6) is 0. The molecule has 0 saturated carbocycles. The van der Waals surface area contributed by atoms with E-state index in [1.165, 1.54) is 38.5 Å². The molecular formula is C62H40N2O. The number of benzene rings is 9. The molecule has 0 amide bonds. The van der Waals surface area contributed by atoms with Gasteiger partial charge >= 0.3 is 0 Å². The molecule has 3 nitrogen and oxygen atoms in total. The Balaban J connectivity index is 0.989. The number of anilines is 3. The van der Waals surface area contributed by atoms with Gasteiger partial charge in [-0.25, -0.2) is 0 Å². The summed E-state index contributed by atoms with van der Waals surface area (Å²) in [7, 11) is 0. The minimum Gasteiger partial charge on any atom is -0.455 e. The summed E-state index contributed by atoms with van der Waals surface area (Å²) in [5.41, 5.74) is 16.4. The molecule has 3 heteroatoms. The molecule has 12 aromatic rings. The van der Waals surface area contributed by atoms with Crippen LogP contribution in [0.1, 0.15) is 17.7 Å². The maximum absolute atomic E-state index is 6.71. The second kappa shape index (κ2) is 15.1. The van der Waals surface area contributed by atoms with E-state index >= 15 is 0 Å². The topological polar surface area (TPSA) is 21.3 Å². The highest BCUT2D eigenvalue weighted by Gasteiger charge is 2.23. The maximum Gasteiger partial charge on any atom is 0.143 e. The van der Waals surface area contributed by atoms with Gasteiger partial charge in [0.2, 0.25) is 0 Å². The Morgan fingerprint density at radius 3 is 2.15 bits per heavy atom. The Morgan fingerprint density at radius 2 is 1.25 bits per heavy atom. The summed E-state index contributed by atoms with van der Waals surface area (Å²) >= 11 is 0. The first kappa shape index (κ1) is 37.0. The lowest BCUT2D eigenvalue weighted by Gasteiger charge is -2.27. The summed E-state index contributed by atoms with van der Waals surface area (Å²) in [4.78, 5) is 2.34. The molecule has 2 aromatic heterocycles. The molecule has 10 aromatic carbocycles. The summed E-state index contributed by atoms with van der Waals surface area (Å²) < 4.78 is 9.18. The fourth-order valence-corrected chi connectivity index (χ4v) is 10.3. The molecule has 13 rings (SSSR count). The van der Waals surface area contributed by atoms with Crippen LogP contribution in [-0.4, -0.2) is 4.57 Å². The van der Waals surface area contributed by atoms with Gasteiger partial charge in [-0.1, -0.05) is 164 Å². The van der Waals surface area contributed by atoms with E-state index in [0.29, 0.717) is 0 Å². The van der Waals surface area contributed by atoms with Crippen LogP contribution < -0.4 is 4.90 Å². The molecule has 0 atom stereocenters. The average Bonchev–Trinajstić information content (AvgIpc) is 3.93. The standard InChI is InChI=1S/C62H40N2O/c1-2-17-44-39-46(32-31-41(44)15-1)45-18-13-19-48(40-45)63(57-27-10-8-24-53(57)54-25-14-30-60-61(54)55-38-35-42-16-3-4-21-50(42)62(55)65-60)47-36-33-43(34-37-47)49-20-5-9-26-56(49)64-58-28-11-6-22-51(58)52-23-7-12-29-59(52)64/h1-11,13-28,30-33,35-36,38-40H,12,29H2. The number of nitrogens with zero attached hydrogens (tertiary/aromatic N) is 2. The molecule has 0 unspecified atom stereocenters. The minimum atomic E-state index is 0.865. The number of hydrogen-bond acceptors (Lipinski definition) is 2. The van der Waals surface area contributed by atoms with Gasteiger partial charge in [0.15, 0.2) is 0 Å². The van der Waals surface area contributed by atoms with Gasteiger partial charge in [0, 0.05) is 55.2 Å². The first-order chi connectivity index (χ1) is 32.2. The third-order valence-corrected chi connectivity index (χ3v) is 13.3. The molecule has 1 aliphatic carbocycles. The van der Waals surface area contributed by atoms with E-state index in [9.17, 15) is 0 Å². The normalized spacial score (nSPS) is 12.3. The molecule has 0 saturated heterocycles. The Kier molecular flexibility index (Phi) is 8.57. The summed E-state index contributed by atoms with van der Waals surface area (Å²) in [5, 5.41) is 8.20. The molecule has 0 spiro atoms. The fourth-order valence-electron chi connectivity index (χ4n) is 10.3. The lowest BCUT2D eigenvalue weighted by atomic mass is 9.96. The van der Waals surface area contributed by atoms with Crippen molar-refractivity contribution in [3.8, 4) is 39.1 Å². The number of furan rings is 1. The van der Waals surface area contributed by atoms with E-state index in [2.05, 4.69) is 240 Å². The third-order valence-electron chi connectivity index (χ3n) is 13.3. The third kappa shape index (κ3) is 6.07. The number of hydrogen-bond donors (Lipinski definition) is 0. The van der Waals surface area contributed by atoms with E-state index in [0.717, 1.165) is 96.1 Å². The zero-order valence-electron chi connectivity index (χ0n) is 35.5. The van der Waals surface area contributed by atoms with Gasteiger partial charge < -0.3 is 13.9 Å². The van der Waals surface area contributed by atoms with Crippen molar-refractivity contribution in [1.82, 2.24) is 4.57 Å². The van der Waals surface area contributed by atoms with Crippen molar-refractivity contribution < 1.29 is 4.42 Å². The summed E-state index contributed by atoms with van der Waals surface area (Å²) in [6, 6.07) is 81.5. The van der Waals surface area contributed by atoms with Crippen LogP contribution >= 0.6 is 0 Å². The number of para-hydroxylation sites is 3. The number of fused-ring (bicyclic) bond motifs is 9. The Labute approximate surface area is 377 Å². The first-order valence-corrected chi connectivity index (χ1v) is 22.4. The monoisotopic (exact) mass is 828 g/mol. The van der Waals surface area contributed by atoms with Crippen molar-refractivity contribution in [1.29, 1.82) is 0 Å². The van der Waals surface area contributed by atoms with E-state index in [-0.39, 0.29) is 0 Å². The van der Waals surface area contributed by atoms with Crippen LogP contribution in [0.15, 0.2) is 217 Å². The van der Waals surface area contributed by atoms with Gasteiger partial charge in [-0.05, 0) is 112 Å². The van der Waals surface area contributed by atoms with Crippen molar-refractivity contribution in [2.24, 2.45) is 0 Å². The predicted molar refractivity (Wildman–Crippen MR) is 272 cm³/mol. The highest BCUT2D eigenvalue weighted by molar-refractivity contribution is 6.19. The molecule has 2 heterocycles. The lowest BCUT2D eigenvalue weighted by Crippen LogP contribution is -2.11. The molecule has 0 aliphatic heterocycles. The SMILES string of the molecule is c1c(-c2ccccc2-n2c3c(c4ccccc42)C=CCC3)ccc(N(c2cccc(-c3ccc4ccccc4c3)c2)c2ccccc2-c2cccc3oc4c5ccccc5ccc4c23)c#1. The molecule has 0 bridgehead atoms. The van der Waals surface area contributed by atoms with E-state index in [4.69, 9.17) is 4.42 Å². The van der Waals surface area contributed by atoms with Crippen LogP contribution in [0.25, 0.3) is 99.5 Å². The maximum atomic E-state index is 6.71. The van der Waals surface area contributed by atoms with Crippen LogP contribution in [0.4, 0.5) is 17.1 Å². The van der Waals surface area contributed by atoms with E-state index < -0.39 is 0 Å². The molecule has 304 valence electrons. The zero-order valence-corrected chi connectivity index (χ0v) is 35.5. The fraction of sp³-hybridized carbons (Fsp3) is 0.0323. The Bertz CT molecular complexity index is 3850. The lowest BCUT2D eigenvalue weighted by molar-refractivity contribution is 0.673. The quantitative estimate of drug-likeness (QED) is 0.160. The Hall–Kier alpha value is -8.58. The zero-order chi connectivity index (χ0) is 42.8. The second-order valence-electron chi connectivity index (χ2n) is 17.0. The van der Waals surface area contributed by atoms with E-state index in [1.54, 1.807) is 0 Å². The second-order valence-corrected chi connectivity index (χ2v) is 17.0. The molecule has 0 fully saturated rings. The first-order valence-electron chi connectivity index (χ1n) is 22.4. The van der Waals surface area contributed by atoms with Crippen molar-refractivity contribution >= 4 is 77.5 Å². The van der Waals surface area contributed by atoms with E-state index in [1.807, 2.05) is 0 Å². The van der Waals surface area contributed by atoms with Crippen molar-refractivity contribution in [3.63, 3.8) is 0 Å².